The Morgan fingerprint density at radius 3 is 2.61 bits per heavy atom. The fraction of sp³-hybridized carbons (Fsp3) is 0.562. The van der Waals surface area contributed by atoms with E-state index in [2.05, 4.69) is 10.6 Å². The molecule has 7 heteroatoms. The predicted octanol–water partition coefficient (Wildman–Crippen LogP) is 4.14. The normalized spacial score (nSPS) is 21.4. The van der Waals surface area contributed by atoms with Crippen molar-refractivity contribution in [2.45, 2.75) is 38.4 Å². The minimum absolute atomic E-state index is 0. The Balaban J connectivity index is 0.00000264. The number of amides is 1. The summed E-state index contributed by atoms with van der Waals surface area (Å²) in [5, 5.41) is 5.64. The molecule has 0 spiro atoms. The third kappa shape index (κ3) is 5.39. The van der Waals surface area contributed by atoms with E-state index in [4.69, 9.17) is 0 Å². The van der Waals surface area contributed by atoms with E-state index in [9.17, 15) is 18.0 Å². The van der Waals surface area contributed by atoms with Crippen LogP contribution in [0, 0.1) is 11.8 Å². The van der Waals surface area contributed by atoms with E-state index in [1.165, 1.54) is 0 Å². The molecule has 0 radical (unpaired) electrons. The zero-order chi connectivity index (χ0) is 16.2. The number of carbonyl (C=O) groups is 1. The third-order valence-corrected chi connectivity index (χ3v) is 4.10. The van der Waals surface area contributed by atoms with Crippen molar-refractivity contribution in [3.63, 3.8) is 0 Å². The van der Waals surface area contributed by atoms with Gasteiger partial charge in [0.2, 0.25) is 5.91 Å². The van der Waals surface area contributed by atoms with Crippen LogP contribution >= 0.6 is 12.4 Å². The molecule has 23 heavy (non-hydrogen) atoms. The Morgan fingerprint density at radius 2 is 1.96 bits per heavy atom. The summed E-state index contributed by atoms with van der Waals surface area (Å²) in [6.45, 7) is 0.637. The van der Waals surface area contributed by atoms with Gasteiger partial charge in [-0.05, 0) is 37.6 Å². The first-order valence-corrected chi connectivity index (χ1v) is 7.53. The summed E-state index contributed by atoms with van der Waals surface area (Å²) in [5.74, 6) is -3.04. The van der Waals surface area contributed by atoms with Crippen LogP contribution in [0.25, 0.3) is 0 Å². The maximum Gasteiger partial charge on any atom is 0.392 e. The summed E-state index contributed by atoms with van der Waals surface area (Å²) >= 11 is 0. The van der Waals surface area contributed by atoms with Gasteiger partial charge in [-0.3, -0.25) is 4.79 Å². The molecule has 1 aliphatic rings. The van der Waals surface area contributed by atoms with Crippen molar-refractivity contribution in [2.24, 2.45) is 11.8 Å². The lowest BCUT2D eigenvalue weighted by atomic mass is 9.78. The summed E-state index contributed by atoms with van der Waals surface area (Å²) in [7, 11) is 1.81. The standard InChI is InChI=1S/C16H21F3N2O.ClH/c1-20-10-11-5-4-6-12(9-11)21-15(22)13-7-2-3-8-14(13)16(17,18)19;/h4-6,9,13-14,20H,2-3,7-8,10H2,1H3,(H,21,22);1H. The van der Waals surface area contributed by atoms with Crippen LogP contribution in [0.3, 0.4) is 0 Å². The van der Waals surface area contributed by atoms with Crippen LogP contribution in [0.4, 0.5) is 18.9 Å². The number of anilines is 1. The molecule has 0 aliphatic heterocycles. The van der Waals surface area contributed by atoms with Crippen LogP contribution in [0.1, 0.15) is 31.2 Å². The van der Waals surface area contributed by atoms with Crippen molar-refractivity contribution < 1.29 is 18.0 Å². The second-order valence-electron chi connectivity index (χ2n) is 5.76. The zero-order valence-electron chi connectivity index (χ0n) is 13.0. The van der Waals surface area contributed by atoms with E-state index in [0.717, 1.165) is 5.56 Å². The third-order valence-electron chi connectivity index (χ3n) is 4.10. The highest BCUT2D eigenvalue weighted by Gasteiger charge is 2.48. The molecular weight excluding hydrogens is 329 g/mol. The highest BCUT2D eigenvalue weighted by molar-refractivity contribution is 5.92. The SMILES string of the molecule is CNCc1cccc(NC(=O)C2CCCCC2C(F)(F)F)c1.Cl. The summed E-state index contributed by atoms with van der Waals surface area (Å²) in [5.41, 5.74) is 1.51. The van der Waals surface area contributed by atoms with Crippen LogP contribution in [-0.4, -0.2) is 19.1 Å². The van der Waals surface area contributed by atoms with Gasteiger partial charge in [0.1, 0.15) is 0 Å². The van der Waals surface area contributed by atoms with Gasteiger partial charge in [-0.2, -0.15) is 13.2 Å². The topological polar surface area (TPSA) is 41.1 Å². The molecule has 0 saturated heterocycles. The molecule has 0 aromatic heterocycles. The first-order chi connectivity index (χ1) is 10.4. The van der Waals surface area contributed by atoms with Gasteiger partial charge < -0.3 is 10.6 Å². The summed E-state index contributed by atoms with van der Waals surface area (Å²) in [6, 6.07) is 7.15. The van der Waals surface area contributed by atoms with Gasteiger partial charge in [-0.25, -0.2) is 0 Å². The second-order valence-corrected chi connectivity index (χ2v) is 5.76. The fourth-order valence-electron chi connectivity index (χ4n) is 3.03. The van der Waals surface area contributed by atoms with Crippen molar-refractivity contribution >= 4 is 24.0 Å². The van der Waals surface area contributed by atoms with Crippen LogP contribution in [-0.2, 0) is 11.3 Å². The first kappa shape index (κ1) is 19.8. The monoisotopic (exact) mass is 350 g/mol. The molecule has 0 heterocycles. The number of hydrogen-bond donors (Lipinski definition) is 2. The number of carbonyl (C=O) groups excluding carboxylic acids is 1. The Hall–Kier alpha value is -1.27. The Kier molecular flexibility index (Phi) is 7.35. The van der Waals surface area contributed by atoms with E-state index in [0.29, 0.717) is 31.5 Å². The van der Waals surface area contributed by atoms with E-state index >= 15 is 0 Å². The smallest absolute Gasteiger partial charge is 0.326 e. The van der Waals surface area contributed by atoms with E-state index in [1.807, 2.05) is 6.07 Å². The molecule has 2 unspecified atom stereocenters. The number of nitrogens with one attached hydrogen (secondary N) is 2. The molecule has 1 aliphatic carbocycles. The largest absolute Gasteiger partial charge is 0.392 e. The van der Waals surface area contributed by atoms with Crippen LogP contribution in [0.2, 0.25) is 0 Å². The molecule has 1 aromatic rings. The maximum absolute atomic E-state index is 13.1. The average molecular weight is 351 g/mol. The first-order valence-electron chi connectivity index (χ1n) is 7.53. The Bertz CT molecular complexity index is 522. The van der Waals surface area contributed by atoms with Gasteiger partial charge in [-0.1, -0.05) is 25.0 Å². The van der Waals surface area contributed by atoms with Gasteiger partial charge >= 0.3 is 6.18 Å². The summed E-state index contributed by atoms with van der Waals surface area (Å²) in [6.07, 6.45) is -2.76. The number of rotatable bonds is 4. The van der Waals surface area contributed by atoms with Crippen LogP contribution < -0.4 is 10.6 Å². The van der Waals surface area contributed by atoms with Crippen LogP contribution in [0.5, 0.6) is 0 Å². The molecule has 1 amide bonds. The molecule has 130 valence electrons. The molecule has 1 saturated carbocycles. The van der Waals surface area contributed by atoms with Gasteiger partial charge in [0.05, 0.1) is 5.92 Å². The van der Waals surface area contributed by atoms with Gasteiger partial charge in [0, 0.05) is 18.2 Å². The fourth-order valence-corrected chi connectivity index (χ4v) is 3.03. The van der Waals surface area contributed by atoms with Crippen molar-refractivity contribution in [3.8, 4) is 0 Å². The lowest BCUT2D eigenvalue weighted by molar-refractivity contribution is -0.197. The molecule has 2 atom stereocenters. The van der Waals surface area contributed by atoms with Gasteiger partial charge in [0.25, 0.3) is 0 Å². The molecule has 2 N–H and O–H groups in total. The number of alkyl halides is 3. The van der Waals surface area contributed by atoms with E-state index in [1.54, 1.807) is 25.2 Å². The predicted molar refractivity (Wildman–Crippen MR) is 86.6 cm³/mol. The lowest BCUT2D eigenvalue weighted by Crippen LogP contribution is -2.39. The van der Waals surface area contributed by atoms with E-state index in [-0.39, 0.29) is 18.8 Å². The highest BCUT2D eigenvalue weighted by Crippen LogP contribution is 2.41. The van der Waals surface area contributed by atoms with Crippen molar-refractivity contribution in [1.82, 2.24) is 5.32 Å². The molecule has 2 rings (SSSR count). The zero-order valence-corrected chi connectivity index (χ0v) is 13.8. The molecule has 0 bridgehead atoms. The van der Waals surface area contributed by atoms with Crippen LogP contribution in [0.15, 0.2) is 24.3 Å². The maximum atomic E-state index is 13.1. The van der Waals surface area contributed by atoms with Gasteiger partial charge in [0.15, 0.2) is 0 Å². The molecule has 1 aromatic carbocycles. The van der Waals surface area contributed by atoms with Crippen molar-refractivity contribution in [3.05, 3.63) is 29.8 Å². The lowest BCUT2D eigenvalue weighted by Gasteiger charge is -2.32. The number of benzene rings is 1. The minimum Gasteiger partial charge on any atom is -0.326 e. The number of hydrogen-bond acceptors (Lipinski definition) is 2. The summed E-state index contributed by atoms with van der Waals surface area (Å²) < 4.78 is 39.2. The average Bonchev–Trinajstić information content (AvgIpc) is 2.47. The highest BCUT2D eigenvalue weighted by atomic mass is 35.5. The van der Waals surface area contributed by atoms with Gasteiger partial charge in [-0.15, -0.1) is 12.4 Å². The molecule has 3 nitrogen and oxygen atoms in total. The molecule has 1 fully saturated rings. The van der Waals surface area contributed by atoms with Crippen molar-refractivity contribution in [1.29, 1.82) is 0 Å². The minimum atomic E-state index is -4.31. The second kappa shape index (κ2) is 8.55. The summed E-state index contributed by atoms with van der Waals surface area (Å²) in [4.78, 5) is 12.3. The Morgan fingerprint density at radius 1 is 1.26 bits per heavy atom. The van der Waals surface area contributed by atoms with Crippen molar-refractivity contribution in [2.75, 3.05) is 12.4 Å². The quantitative estimate of drug-likeness (QED) is 0.857. The Labute approximate surface area is 140 Å². The van der Waals surface area contributed by atoms with E-state index < -0.39 is 23.9 Å². The number of halogens is 4. The molecular formula is C16H22ClF3N2O.